The third-order valence-corrected chi connectivity index (χ3v) is 4.44. The highest BCUT2D eigenvalue weighted by molar-refractivity contribution is 5.85. The molecule has 1 fully saturated rings. The van der Waals surface area contributed by atoms with Crippen LogP contribution in [0.5, 0.6) is 5.75 Å². The average molecular weight is 383 g/mol. The molecular weight excluding hydrogens is 355 g/mol. The molecule has 1 heterocycles. The van der Waals surface area contributed by atoms with E-state index in [0.29, 0.717) is 0 Å². The van der Waals surface area contributed by atoms with Crippen molar-refractivity contribution < 1.29 is 4.74 Å². The predicted octanol–water partition coefficient (Wildman–Crippen LogP) is 3.77. The molecule has 0 radical (unpaired) electrons. The van der Waals surface area contributed by atoms with Crippen LogP contribution in [0.15, 0.2) is 60.7 Å². The van der Waals surface area contributed by atoms with Gasteiger partial charge in [0.25, 0.3) is 0 Å². The second kappa shape index (κ2) is 12.2. The van der Waals surface area contributed by atoms with Crippen molar-refractivity contribution in [3.8, 4) is 5.75 Å². The lowest BCUT2D eigenvalue weighted by Gasteiger charge is -2.34. The first-order valence-electron chi connectivity index (χ1n) is 8.57. The minimum Gasteiger partial charge on any atom is -0.492 e. The molecule has 0 unspecified atom stereocenters. The summed E-state index contributed by atoms with van der Waals surface area (Å²) in [5.74, 6) is 0.967. The number of hydrogen-bond donors (Lipinski definition) is 0. The highest BCUT2D eigenvalue weighted by Crippen LogP contribution is 2.09. The molecule has 1 saturated heterocycles. The fourth-order valence-corrected chi connectivity index (χ4v) is 2.98. The molecule has 138 valence electrons. The maximum absolute atomic E-state index is 5.79. The summed E-state index contributed by atoms with van der Waals surface area (Å²) in [6.45, 7) is 7.57. The van der Waals surface area contributed by atoms with Crippen molar-refractivity contribution in [2.45, 2.75) is 6.42 Å². The van der Waals surface area contributed by atoms with Crippen molar-refractivity contribution >= 4 is 24.8 Å². The quantitative estimate of drug-likeness (QED) is 0.724. The van der Waals surface area contributed by atoms with Gasteiger partial charge in [-0.1, -0.05) is 48.5 Å². The van der Waals surface area contributed by atoms with Crippen LogP contribution in [0.2, 0.25) is 0 Å². The van der Waals surface area contributed by atoms with Gasteiger partial charge in [0.1, 0.15) is 12.4 Å². The van der Waals surface area contributed by atoms with Crippen LogP contribution in [-0.2, 0) is 6.42 Å². The van der Waals surface area contributed by atoms with Crippen LogP contribution in [0.25, 0.3) is 0 Å². The van der Waals surface area contributed by atoms with Gasteiger partial charge in [0.15, 0.2) is 0 Å². The standard InChI is InChI=1S/C20H26N2O.2ClH/c1-3-7-19(8-4-1)11-12-21-13-15-22(16-14-21)17-18-23-20-9-5-2-6-10-20;;/h1-10H,11-18H2;2*1H. The van der Waals surface area contributed by atoms with Gasteiger partial charge in [-0.05, 0) is 24.1 Å². The number of para-hydroxylation sites is 1. The molecule has 0 spiro atoms. The molecule has 1 aliphatic heterocycles. The van der Waals surface area contributed by atoms with Crippen LogP contribution in [0.1, 0.15) is 5.56 Å². The first kappa shape index (κ1) is 21.8. The highest BCUT2D eigenvalue weighted by Gasteiger charge is 2.16. The molecule has 0 saturated carbocycles. The molecule has 1 aliphatic rings. The van der Waals surface area contributed by atoms with Gasteiger partial charge in [-0.3, -0.25) is 4.90 Å². The second-order valence-corrected chi connectivity index (χ2v) is 6.08. The van der Waals surface area contributed by atoms with Crippen LogP contribution in [-0.4, -0.2) is 55.7 Å². The number of nitrogens with zero attached hydrogens (tertiary/aromatic N) is 2. The number of piperazine rings is 1. The summed E-state index contributed by atoms with van der Waals surface area (Å²) in [6, 6.07) is 20.8. The lowest BCUT2D eigenvalue weighted by Crippen LogP contribution is -2.47. The van der Waals surface area contributed by atoms with E-state index in [4.69, 9.17) is 4.74 Å². The third kappa shape index (κ3) is 7.66. The zero-order chi connectivity index (χ0) is 15.7. The largest absolute Gasteiger partial charge is 0.492 e. The number of benzene rings is 2. The summed E-state index contributed by atoms with van der Waals surface area (Å²) in [6.07, 6.45) is 1.15. The molecule has 2 aromatic rings. The van der Waals surface area contributed by atoms with E-state index < -0.39 is 0 Å². The predicted molar refractivity (Wildman–Crippen MR) is 109 cm³/mol. The topological polar surface area (TPSA) is 15.7 Å². The maximum atomic E-state index is 5.79. The number of halogens is 2. The number of hydrogen-bond acceptors (Lipinski definition) is 3. The summed E-state index contributed by atoms with van der Waals surface area (Å²) in [4.78, 5) is 5.07. The van der Waals surface area contributed by atoms with Gasteiger partial charge in [0.05, 0.1) is 0 Å². The summed E-state index contributed by atoms with van der Waals surface area (Å²) >= 11 is 0. The minimum absolute atomic E-state index is 0. The second-order valence-electron chi connectivity index (χ2n) is 6.08. The summed E-state index contributed by atoms with van der Waals surface area (Å²) in [7, 11) is 0. The minimum atomic E-state index is 0. The molecule has 0 aliphatic carbocycles. The van der Waals surface area contributed by atoms with Gasteiger partial charge in [-0.25, -0.2) is 0 Å². The van der Waals surface area contributed by atoms with Crippen LogP contribution >= 0.6 is 24.8 Å². The first-order chi connectivity index (χ1) is 11.4. The van der Waals surface area contributed by atoms with Crippen molar-refractivity contribution in [2.75, 3.05) is 45.9 Å². The molecule has 0 aromatic heterocycles. The fourth-order valence-electron chi connectivity index (χ4n) is 2.98. The fraction of sp³-hybridized carbons (Fsp3) is 0.400. The molecule has 0 N–H and O–H groups in total. The average Bonchev–Trinajstić information content (AvgIpc) is 2.63. The molecule has 0 atom stereocenters. The van der Waals surface area contributed by atoms with E-state index in [-0.39, 0.29) is 24.8 Å². The van der Waals surface area contributed by atoms with Gasteiger partial charge < -0.3 is 9.64 Å². The Labute approximate surface area is 163 Å². The van der Waals surface area contributed by atoms with Crippen molar-refractivity contribution in [1.29, 1.82) is 0 Å². The molecule has 3 rings (SSSR count). The third-order valence-electron chi connectivity index (χ3n) is 4.44. The molecule has 2 aromatic carbocycles. The van der Waals surface area contributed by atoms with Crippen LogP contribution in [0, 0.1) is 0 Å². The summed E-state index contributed by atoms with van der Waals surface area (Å²) in [5, 5.41) is 0. The Morgan fingerprint density at radius 1 is 0.680 bits per heavy atom. The van der Waals surface area contributed by atoms with Gasteiger partial charge in [0, 0.05) is 39.3 Å². The van der Waals surface area contributed by atoms with Crippen molar-refractivity contribution in [3.63, 3.8) is 0 Å². The molecule has 25 heavy (non-hydrogen) atoms. The van der Waals surface area contributed by atoms with Gasteiger partial charge in [-0.2, -0.15) is 0 Å². The zero-order valence-corrected chi connectivity index (χ0v) is 16.2. The summed E-state index contributed by atoms with van der Waals surface area (Å²) in [5.41, 5.74) is 1.44. The van der Waals surface area contributed by atoms with E-state index in [9.17, 15) is 0 Å². The normalized spacial score (nSPS) is 15.0. The lowest BCUT2D eigenvalue weighted by molar-refractivity contribution is 0.118. The first-order valence-corrected chi connectivity index (χ1v) is 8.57. The Hall–Kier alpha value is -1.26. The smallest absolute Gasteiger partial charge is 0.119 e. The Bertz CT molecular complexity index is 560. The molecule has 5 heteroatoms. The lowest BCUT2D eigenvalue weighted by atomic mass is 10.1. The number of ether oxygens (including phenoxy) is 1. The van der Waals surface area contributed by atoms with E-state index in [0.717, 1.165) is 51.5 Å². The Morgan fingerprint density at radius 2 is 1.20 bits per heavy atom. The zero-order valence-electron chi connectivity index (χ0n) is 14.5. The van der Waals surface area contributed by atoms with E-state index in [1.54, 1.807) is 0 Å². The van der Waals surface area contributed by atoms with E-state index in [2.05, 4.69) is 40.1 Å². The number of rotatable bonds is 7. The molecule has 0 bridgehead atoms. The molecule has 0 amide bonds. The highest BCUT2D eigenvalue weighted by atomic mass is 35.5. The van der Waals surface area contributed by atoms with E-state index in [1.807, 2.05) is 30.3 Å². The Kier molecular flexibility index (Phi) is 10.6. The van der Waals surface area contributed by atoms with Crippen molar-refractivity contribution in [1.82, 2.24) is 9.80 Å². The summed E-state index contributed by atoms with van der Waals surface area (Å²) < 4.78 is 5.79. The van der Waals surface area contributed by atoms with Crippen LogP contribution in [0.3, 0.4) is 0 Å². The van der Waals surface area contributed by atoms with Crippen LogP contribution < -0.4 is 4.74 Å². The monoisotopic (exact) mass is 382 g/mol. The van der Waals surface area contributed by atoms with Crippen molar-refractivity contribution in [2.24, 2.45) is 0 Å². The SMILES string of the molecule is Cl.Cl.c1ccc(CCN2CCN(CCOc3ccccc3)CC2)cc1. The van der Waals surface area contributed by atoms with E-state index >= 15 is 0 Å². The maximum Gasteiger partial charge on any atom is 0.119 e. The Balaban J connectivity index is 0.00000156. The molecular formula is C20H28Cl2N2O. The van der Waals surface area contributed by atoms with Gasteiger partial charge >= 0.3 is 0 Å². The molecule has 3 nitrogen and oxygen atoms in total. The van der Waals surface area contributed by atoms with E-state index in [1.165, 1.54) is 12.1 Å². The van der Waals surface area contributed by atoms with Gasteiger partial charge in [-0.15, -0.1) is 24.8 Å². The van der Waals surface area contributed by atoms with Crippen molar-refractivity contribution in [3.05, 3.63) is 66.2 Å². The van der Waals surface area contributed by atoms with Crippen LogP contribution in [0.4, 0.5) is 0 Å². The Morgan fingerprint density at radius 3 is 1.80 bits per heavy atom. The van der Waals surface area contributed by atoms with Gasteiger partial charge in [0.2, 0.25) is 0 Å².